The van der Waals surface area contributed by atoms with Crippen molar-refractivity contribution in [3.63, 3.8) is 0 Å². The van der Waals surface area contributed by atoms with E-state index < -0.39 is 0 Å². The molecule has 0 atom stereocenters. The summed E-state index contributed by atoms with van der Waals surface area (Å²) < 4.78 is 4.70. The molecular weight excluding hydrogens is 248 g/mol. The first-order valence-corrected chi connectivity index (χ1v) is 6.17. The lowest BCUT2D eigenvalue weighted by Crippen LogP contribution is -1.84. The van der Waals surface area contributed by atoms with Gasteiger partial charge in [0.25, 0.3) is 0 Å². The van der Waals surface area contributed by atoms with Crippen LogP contribution in [-0.2, 0) is 6.42 Å². The summed E-state index contributed by atoms with van der Waals surface area (Å²) in [7, 11) is 0. The fourth-order valence-corrected chi connectivity index (χ4v) is 2.24. The summed E-state index contributed by atoms with van der Waals surface area (Å²) in [4.78, 5) is 0. The Hall–Kier alpha value is -1.87. The molecule has 0 bridgehead atoms. The van der Waals surface area contributed by atoms with Crippen molar-refractivity contribution in [2.24, 2.45) is 0 Å². The molecule has 0 unspecified atom stereocenters. The molecule has 0 N–H and O–H groups in total. The molecule has 0 spiro atoms. The van der Waals surface area contributed by atoms with Crippen LogP contribution in [0.2, 0.25) is 5.02 Å². The van der Waals surface area contributed by atoms with Gasteiger partial charge >= 0.3 is 0 Å². The van der Waals surface area contributed by atoms with E-state index in [0.29, 0.717) is 16.1 Å². The normalized spacial score (nSPS) is 11.0. The Bertz CT molecular complexity index is 706. The molecule has 3 aromatic rings. The Morgan fingerprint density at radius 3 is 2.83 bits per heavy atom. The minimum atomic E-state index is 0.561. The van der Waals surface area contributed by atoms with E-state index in [9.17, 15) is 0 Å². The monoisotopic (exact) mass is 258 g/mol. The number of hydrogen-bond acceptors (Lipinski definition) is 3. The maximum absolute atomic E-state index is 6.16. The van der Waals surface area contributed by atoms with Gasteiger partial charge in [-0.15, -0.1) is 0 Å². The molecule has 0 aliphatic rings. The average molecular weight is 259 g/mol. The van der Waals surface area contributed by atoms with E-state index in [1.165, 1.54) is 5.56 Å². The first kappa shape index (κ1) is 11.2. The standard InChI is InChI=1S/C14H11ClN2O/c1-2-9-4-3-5-10(6-9)11-7-12(15)14-13(8-11)16-18-17-14/h3-8H,2H2,1H3. The zero-order valence-electron chi connectivity index (χ0n) is 9.85. The Labute approximate surface area is 109 Å². The van der Waals surface area contributed by atoms with Gasteiger partial charge in [0, 0.05) is 0 Å². The second kappa shape index (κ2) is 4.42. The van der Waals surface area contributed by atoms with Crippen molar-refractivity contribution in [3.8, 4) is 11.1 Å². The van der Waals surface area contributed by atoms with Crippen LogP contribution in [0.5, 0.6) is 0 Å². The number of nitrogens with zero attached hydrogens (tertiary/aromatic N) is 2. The molecule has 1 aromatic heterocycles. The second-order valence-electron chi connectivity index (χ2n) is 4.14. The fraction of sp³-hybridized carbons (Fsp3) is 0.143. The van der Waals surface area contributed by atoms with E-state index in [0.717, 1.165) is 17.5 Å². The lowest BCUT2D eigenvalue weighted by molar-refractivity contribution is 0.315. The average Bonchev–Trinajstić information content (AvgIpc) is 2.87. The van der Waals surface area contributed by atoms with Crippen molar-refractivity contribution in [2.45, 2.75) is 13.3 Å². The van der Waals surface area contributed by atoms with Crippen molar-refractivity contribution >= 4 is 22.6 Å². The summed E-state index contributed by atoms with van der Waals surface area (Å²) in [5, 5.41) is 8.17. The maximum Gasteiger partial charge on any atom is 0.153 e. The van der Waals surface area contributed by atoms with Gasteiger partial charge in [-0.05, 0) is 45.6 Å². The highest BCUT2D eigenvalue weighted by atomic mass is 35.5. The van der Waals surface area contributed by atoms with Crippen LogP contribution in [0.3, 0.4) is 0 Å². The van der Waals surface area contributed by atoms with Crippen molar-refractivity contribution in [1.29, 1.82) is 0 Å². The topological polar surface area (TPSA) is 38.9 Å². The summed E-state index contributed by atoms with van der Waals surface area (Å²) >= 11 is 6.16. The number of rotatable bonds is 2. The fourth-order valence-electron chi connectivity index (χ4n) is 1.99. The van der Waals surface area contributed by atoms with Crippen LogP contribution in [0.1, 0.15) is 12.5 Å². The van der Waals surface area contributed by atoms with E-state index >= 15 is 0 Å². The van der Waals surface area contributed by atoms with Gasteiger partial charge in [-0.1, -0.05) is 42.8 Å². The molecule has 4 heteroatoms. The molecule has 3 rings (SSSR count). The highest BCUT2D eigenvalue weighted by Crippen LogP contribution is 2.29. The summed E-state index contributed by atoms with van der Waals surface area (Å²) in [6, 6.07) is 12.2. The molecule has 90 valence electrons. The number of fused-ring (bicyclic) bond motifs is 1. The Morgan fingerprint density at radius 2 is 2.00 bits per heavy atom. The van der Waals surface area contributed by atoms with Crippen molar-refractivity contribution < 1.29 is 4.63 Å². The van der Waals surface area contributed by atoms with Gasteiger partial charge in [-0.3, -0.25) is 0 Å². The molecule has 0 aliphatic heterocycles. The first-order chi connectivity index (χ1) is 8.78. The Balaban J connectivity index is 2.18. The molecule has 0 saturated heterocycles. The van der Waals surface area contributed by atoms with Crippen LogP contribution >= 0.6 is 11.6 Å². The van der Waals surface area contributed by atoms with E-state index in [4.69, 9.17) is 16.2 Å². The van der Waals surface area contributed by atoms with Crippen molar-refractivity contribution in [1.82, 2.24) is 10.3 Å². The molecule has 0 fully saturated rings. The molecule has 0 saturated carbocycles. The zero-order chi connectivity index (χ0) is 12.5. The Morgan fingerprint density at radius 1 is 1.11 bits per heavy atom. The van der Waals surface area contributed by atoms with Crippen molar-refractivity contribution in [3.05, 3.63) is 47.0 Å². The Kier molecular flexibility index (Phi) is 2.76. The lowest BCUT2D eigenvalue weighted by atomic mass is 10.0. The van der Waals surface area contributed by atoms with E-state index in [1.807, 2.05) is 18.2 Å². The third-order valence-electron chi connectivity index (χ3n) is 2.98. The molecule has 0 aliphatic carbocycles. The van der Waals surface area contributed by atoms with Gasteiger partial charge in [-0.25, -0.2) is 4.63 Å². The van der Waals surface area contributed by atoms with Gasteiger partial charge in [-0.2, -0.15) is 0 Å². The summed E-state index contributed by atoms with van der Waals surface area (Å²) in [6.07, 6.45) is 1.01. The third-order valence-corrected chi connectivity index (χ3v) is 3.27. The van der Waals surface area contributed by atoms with Crippen LogP contribution in [0.25, 0.3) is 22.2 Å². The van der Waals surface area contributed by atoms with Crippen LogP contribution in [-0.4, -0.2) is 10.3 Å². The largest absolute Gasteiger partial charge is 0.243 e. The first-order valence-electron chi connectivity index (χ1n) is 5.79. The van der Waals surface area contributed by atoms with E-state index in [1.54, 1.807) is 0 Å². The minimum Gasteiger partial charge on any atom is -0.243 e. The van der Waals surface area contributed by atoms with Crippen LogP contribution in [0.4, 0.5) is 0 Å². The van der Waals surface area contributed by atoms with E-state index in [-0.39, 0.29) is 0 Å². The van der Waals surface area contributed by atoms with E-state index in [2.05, 4.69) is 35.4 Å². The molecule has 18 heavy (non-hydrogen) atoms. The SMILES string of the molecule is CCc1cccc(-c2cc(Cl)c3nonc3c2)c1. The number of benzene rings is 2. The quantitative estimate of drug-likeness (QED) is 0.694. The predicted octanol–water partition coefficient (Wildman–Crippen LogP) is 4.11. The maximum atomic E-state index is 6.16. The lowest BCUT2D eigenvalue weighted by Gasteiger charge is -2.04. The van der Waals surface area contributed by atoms with Gasteiger partial charge < -0.3 is 0 Å². The zero-order valence-corrected chi connectivity index (χ0v) is 10.6. The molecule has 1 heterocycles. The molecule has 2 aromatic carbocycles. The number of halogens is 1. The predicted molar refractivity (Wildman–Crippen MR) is 71.6 cm³/mol. The second-order valence-corrected chi connectivity index (χ2v) is 4.55. The number of aryl methyl sites for hydroxylation is 1. The van der Waals surface area contributed by atoms with Gasteiger partial charge in [0.15, 0.2) is 5.52 Å². The molecule has 3 nitrogen and oxygen atoms in total. The highest BCUT2D eigenvalue weighted by Gasteiger charge is 2.09. The molecular formula is C14H11ClN2O. The third kappa shape index (κ3) is 1.87. The van der Waals surface area contributed by atoms with Gasteiger partial charge in [0.05, 0.1) is 5.02 Å². The molecule has 0 amide bonds. The summed E-state index contributed by atoms with van der Waals surface area (Å²) in [5.74, 6) is 0. The van der Waals surface area contributed by atoms with Gasteiger partial charge in [0.1, 0.15) is 5.52 Å². The molecule has 0 radical (unpaired) electrons. The minimum absolute atomic E-state index is 0.561. The summed E-state index contributed by atoms with van der Waals surface area (Å²) in [6.45, 7) is 2.14. The van der Waals surface area contributed by atoms with Gasteiger partial charge in [0.2, 0.25) is 0 Å². The number of aromatic nitrogens is 2. The number of hydrogen-bond donors (Lipinski definition) is 0. The van der Waals surface area contributed by atoms with Crippen LogP contribution < -0.4 is 0 Å². The van der Waals surface area contributed by atoms with Crippen molar-refractivity contribution in [2.75, 3.05) is 0 Å². The highest BCUT2D eigenvalue weighted by molar-refractivity contribution is 6.35. The summed E-state index contributed by atoms with van der Waals surface area (Å²) in [5.41, 5.74) is 4.73. The van der Waals surface area contributed by atoms with Crippen LogP contribution in [0, 0.1) is 0 Å². The van der Waals surface area contributed by atoms with Crippen LogP contribution in [0.15, 0.2) is 41.0 Å². The smallest absolute Gasteiger partial charge is 0.153 e.